The van der Waals surface area contributed by atoms with Crippen LogP contribution in [0.15, 0.2) is 18.2 Å². The number of aliphatic carboxylic acids is 1. The summed E-state index contributed by atoms with van der Waals surface area (Å²) in [5.41, 5.74) is 4.31. The fourth-order valence-electron chi connectivity index (χ4n) is 3.18. The van der Waals surface area contributed by atoms with Gasteiger partial charge in [-0.1, -0.05) is 19.1 Å². The molecule has 6 heteroatoms. The van der Waals surface area contributed by atoms with Crippen LogP contribution in [0.1, 0.15) is 48.6 Å². The number of carboxylic acid groups (broad SMARTS) is 1. The molecule has 1 amide bonds. The molecule has 1 aromatic carbocycles. The number of nitrogens with one attached hydrogen (secondary N) is 1. The molecule has 0 bridgehead atoms. The average Bonchev–Trinajstić information content (AvgIpc) is 2.96. The highest BCUT2D eigenvalue weighted by Crippen LogP contribution is 2.34. The molecule has 0 radical (unpaired) electrons. The van der Waals surface area contributed by atoms with Crippen molar-refractivity contribution in [2.75, 3.05) is 5.32 Å². The minimum Gasteiger partial charge on any atom is -0.481 e. The minimum atomic E-state index is -0.894. The zero-order chi connectivity index (χ0) is 17.8. The Kier molecular flexibility index (Phi) is 5.48. The molecule has 2 N–H and O–H groups in total. The third-order valence-corrected chi connectivity index (χ3v) is 5.33. The molecule has 25 heavy (non-hydrogen) atoms. The van der Waals surface area contributed by atoms with E-state index in [1.807, 2.05) is 13.0 Å². The molecule has 1 aliphatic carbocycles. The molecule has 0 unspecified atom stereocenters. The van der Waals surface area contributed by atoms with Crippen LogP contribution >= 0.6 is 11.3 Å². The first-order valence-corrected chi connectivity index (χ1v) is 9.52. The summed E-state index contributed by atoms with van der Waals surface area (Å²) in [7, 11) is 0. The lowest BCUT2D eigenvalue weighted by Crippen LogP contribution is -2.10. The molecule has 0 atom stereocenters. The monoisotopic (exact) mass is 358 g/mol. The number of benzene rings is 1. The van der Waals surface area contributed by atoms with Crippen molar-refractivity contribution in [2.45, 2.75) is 51.9 Å². The molecular formula is C19H22N2O3S. The number of aryl methyl sites for hydroxylation is 2. The summed E-state index contributed by atoms with van der Waals surface area (Å²) in [4.78, 5) is 28.2. The number of rotatable bonds is 6. The van der Waals surface area contributed by atoms with E-state index in [1.54, 1.807) is 0 Å². The van der Waals surface area contributed by atoms with E-state index in [0.29, 0.717) is 22.1 Å². The number of hydrogen-bond acceptors (Lipinski definition) is 4. The largest absolute Gasteiger partial charge is 0.481 e. The highest BCUT2D eigenvalue weighted by molar-refractivity contribution is 7.16. The molecule has 1 heterocycles. The number of carbonyl (C=O) groups is 2. The molecular weight excluding hydrogens is 336 g/mol. The van der Waals surface area contributed by atoms with Crippen LogP contribution < -0.4 is 5.32 Å². The molecule has 5 nitrogen and oxygen atoms in total. The number of carbonyl (C=O) groups excluding carboxylic acids is 1. The third-order valence-electron chi connectivity index (χ3n) is 4.35. The molecule has 2 aromatic rings. The lowest BCUT2D eigenvalue weighted by Gasteiger charge is -2.16. The van der Waals surface area contributed by atoms with Gasteiger partial charge in [0.05, 0.1) is 12.1 Å². The molecule has 0 aliphatic heterocycles. The molecule has 0 spiro atoms. The van der Waals surface area contributed by atoms with Crippen LogP contribution in [-0.4, -0.2) is 22.0 Å². The van der Waals surface area contributed by atoms with Gasteiger partial charge in [0.15, 0.2) is 5.13 Å². The third kappa shape index (κ3) is 4.25. The fraction of sp³-hybridized carbons (Fsp3) is 0.421. The Balaban J connectivity index is 1.94. The Labute approximate surface area is 151 Å². The van der Waals surface area contributed by atoms with E-state index in [-0.39, 0.29) is 12.3 Å². The predicted octanol–water partition coefficient (Wildman–Crippen LogP) is 4.05. The van der Waals surface area contributed by atoms with E-state index >= 15 is 0 Å². The Bertz CT molecular complexity index is 798. The summed E-state index contributed by atoms with van der Waals surface area (Å²) in [5, 5.41) is 12.5. The number of amides is 1. The summed E-state index contributed by atoms with van der Waals surface area (Å²) in [6, 6.07) is 6.28. The topological polar surface area (TPSA) is 79.3 Å². The highest BCUT2D eigenvalue weighted by atomic mass is 32.1. The van der Waals surface area contributed by atoms with Crippen LogP contribution in [0.4, 0.5) is 5.13 Å². The number of nitrogens with zero attached hydrogens (tertiary/aromatic N) is 1. The molecule has 0 fully saturated rings. The highest BCUT2D eigenvalue weighted by Gasteiger charge is 2.18. The van der Waals surface area contributed by atoms with E-state index in [1.165, 1.54) is 35.3 Å². The summed E-state index contributed by atoms with van der Waals surface area (Å²) in [6.45, 7) is 1.94. The van der Waals surface area contributed by atoms with Crippen molar-refractivity contribution in [1.29, 1.82) is 0 Å². The van der Waals surface area contributed by atoms with Gasteiger partial charge in [0.25, 0.3) is 0 Å². The van der Waals surface area contributed by atoms with E-state index in [0.717, 1.165) is 24.8 Å². The maximum Gasteiger partial charge on any atom is 0.308 e. The molecule has 1 aliphatic rings. The maximum atomic E-state index is 11.8. The Hall–Kier alpha value is -2.21. The van der Waals surface area contributed by atoms with Crippen molar-refractivity contribution in [1.82, 2.24) is 4.98 Å². The van der Waals surface area contributed by atoms with Gasteiger partial charge in [-0.05, 0) is 49.3 Å². The van der Waals surface area contributed by atoms with Crippen molar-refractivity contribution < 1.29 is 14.7 Å². The summed E-state index contributed by atoms with van der Waals surface area (Å²) >= 11 is 1.25. The second-order valence-electron chi connectivity index (χ2n) is 6.35. The van der Waals surface area contributed by atoms with E-state index in [9.17, 15) is 14.7 Å². The van der Waals surface area contributed by atoms with Crippen molar-refractivity contribution >= 4 is 28.3 Å². The van der Waals surface area contributed by atoms with Gasteiger partial charge in [-0.15, -0.1) is 11.3 Å². The first-order chi connectivity index (χ1) is 12.1. The SMILES string of the molecule is CCCC(=O)Nc1nc(-c2ccc3c(c2)CCCC3)c(CC(=O)O)s1. The van der Waals surface area contributed by atoms with Gasteiger partial charge in [0, 0.05) is 16.9 Å². The predicted molar refractivity (Wildman–Crippen MR) is 99.1 cm³/mol. The van der Waals surface area contributed by atoms with Crippen LogP contribution in [0.25, 0.3) is 11.3 Å². The summed E-state index contributed by atoms with van der Waals surface area (Å²) in [6.07, 6.45) is 5.68. The second-order valence-corrected chi connectivity index (χ2v) is 7.43. The lowest BCUT2D eigenvalue weighted by atomic mass is 9.90. The van der Waals surface area contributed by atoms with Crippen LogP contribution in [0.2, 0.25) is 0 Å². The van der Waals surface area contributed by atoms with Gasteiger partial charge >= 0.3 is 5.97 Å². The zero-order valence-electron chi connectivity index (χ0n) is 14.3. The normalized spacial score (nSPS) is 13.3. The Morgan fingerprint density at radius 3 is 2.72 bits per heavy atom. The van der Waals surface area contributed by atoms with Crippen molar-refractivity contribution in [3.63, 3.8) is 0 Å². The number of anilines is 1. The number of fused-ring (bicyclic) bond motifs is 1. The number of hydrogen-bond donors (Lipinski definition) is 2. The van der Waals surface area contributed by atoms with Crippen molar-refractivity contribution in [3.8, 4) is 11.3 Å². The number of thiazole rings is 1. The fourth-order valence-corrected chi connectivity index (χ4v) is 4.17. The maximum absolute atomic E-state index is 11.8. The van der Waals surface area contributed by atoms with Crippen LogP contribution in [0.5, 0.6) is 0 Å². The van der Waals surface area contributed by atoms with E-state index in [2.05, 4.69) is 22.4 Å². The van der Waals surface area contributed by atoms with E-state index < -0.39 is 5.97 Å². The minimum absolute atomic E-state index is 0.0879. The first-order valence-electron chi connectivity index (χ1n) is 8.70. The second kappa shape index (κ2) is 7.78. The van der Waals surface area contributed by atoms with E-state index in [4.69, 9.17) is 0 Å². The summed E-state index contributed by atoms with van der Waals surface area (Å²) < 4.78 is 0. The zero-order valence-corrected chi connectivity index (χ0v) is 15.1. The van der Waals surface area contributed by atoms with Crippen molar-refractivity contribution in [3.05, 3.63) is 34.2 Å². The van der Waals surface area contributed by atoms with Gasteiger partial charge < -0.3 is 10.4 Å². The first kappa shape index (κ1) is 17.6. The van der Waals surface area contributed by atoms with Crippen LogP contribution in [0, 0.1) is 0 Å². The standard InChI is InChI=1S/C19H22N2O3S/c1-2-5-16(22)20-19-21-18(15(25-19)11-17(23)24)14-9-8-12-6-3-4-7-13(12)10-14/h8-10H,2-7,11H2,1H3,(H,23,24)(H,20,21,22). The Morgan fingerprint density at radius 1 is 1.24 bits per heavy atom. The number of carboxylic acids is 1. The number of aromatic nitrogens is 1. The van der Waals surface area contributed by atoms with Gasteiger partial charge in [-0.3, -0.25) is 9.59 Å². The molecule has 1 aromatic heterocycles. The van der Waals surface area contributed by atoms with Crippen LogP contribution in [0.3, 0.4) is 0 Å². The smallest absolute Gasteiger partial charge is 0.308 e. The molecule has 3 rings (SSSR count). The summed E-state index contributed by atoms with van der Waals surface area (Å²) in [5.74, 6) is -0.982. The van der Waals surface area contributed by atoms with Crippen molar-refractivity contribution in [2.24, 2.45) is 0 Å². The molecule has 0 saturated carbocycles. The van der Waals surface area contributed by atoms with Gasteiger partial charge in [-0.2, -0.15) is 0 Å². The van der Waals surface area contributed by atoms with Gasteiger partial charge in [0.1, 0.15) is 0 Å². The van der Waals surface area contributed by atoms with Gasteiger partial charge in [0.2, 0.25) is 5.91 Å². The lowest BCUT2D eigenvalue weighted by molar-refractivity contribution is -0.136. The Morgan fingerprint density at radius 2 is 2.00 bits per heavy atom. The average molecular weight is 358 g/mol. The molecule has 132 valence electrons. The molecule has 0 saturated heterocycles. The van der Waals surface area contributed by atoms with Crippen LogP contribution in [-0.2, 0) is 28.9 Å². The van der Waals surface area contributed by atoms with Gasteiger partial charge in [-0.25, -0.2) is 4.98 Å². The quantitative estimate of drug-likeness (QED) is 0.816.